The Hall–Kier alpha value is -1.36. The van der Waals surface area contributed by atoms with Crippen molar-refractivity contribution >= 4 is 64.5 Å². The van der Waals surface area contributed by atoms with E-state index >= 15 is 0 Å². The second-order valence-corrected chi connectivity index (χ2v) is 8.58. The molecule has 1 aliphatic heterocycles. The number of amides is 1. The molecule has 2 heterocycles. The van der Waals surface area contributed by atoms with Crippen LogP contribution in [0, 0.1) is 0 Å². The van der Waals surface area contributed by atoms with Crippen LogP contribution in [0.5, 0.6) is 0 Å². The van der Waals surface area contributed by atoms with E-state index in [1.54, 1.807) is 6.07 Å². The van der Waals surface area contributed by atoms with E-state index in [1.807, 2.05) is 36.1 Å². The van der Waals surface area contributed by atoms with Crippen LogP contribution in [0.4, 0.5) is 5.69 Å². The average molecular weight is 563 g/mol. The second kappa shape index (κ2) is 12.5. The van der Waals surface area contributed by atoms with Crippen molar-refractivity contribution in [3.8, 4) is 0 Å². The van der Waals surface area contributed by atoms with Gasteiger partial charge in [-0.1, -0.05) is 29.8 Å². The largest absolute Gasteiger partial charge is 0.386 e. The summed E-state index contributed by atoms with van der Waals surface area (Å²) in [5, 5.41) is 16.6. The summed E-state index contributed by atoms with van der Waals surface area (Å²) < 4.78 is 0.651. The third kappa shape index (κ3) is 6.83. The lowest BCUT2D eigenvalue weighted by Gasteiger charge is -2.17. The Morgan fingerprint density at radius 3 is 2.83 bits per heavy atom. The minimum atomic E-state index is -0.681. The number of nitrogens with one attached hydrogen (secondary N) is 2. The molecule has 1 aliphatic rings. The van der Waals surface area contributed by atoms with E-state index in [1.165, 1.54) is 16.9 Å². The number of hydrogen-bond donors (Lipinski definition) is 3. The molecule has 2 aromatic rings. The van der Waals surface area contributed by atoms with E-state index in [0.29, 0.717) is 29.7 Å². The van der Waals surface area contributed by atoms with Gasteiger partial charge in [-0.15, -0.1) is 35.3 Å². The van der Waals surface area contributed by atoms with E-state index in [2.05, 4.69) is 21.7 Å². The number of aliphatic hydroxyl groups excluding tert-OH is 1. The molecule has 1 unspecified atom stereocenters. The first-order valence-corrected chi connectivity index (χ1v) is 11.1. The highest BCUT2D eigenvalue weighted by molar-refractivity contribution is 14.0. The minimum absolute atomic E-state index is 0. The summed E-state index contributed by atoms with van der Waals surface area (Å²) in [6.07, 6.45) is 1.44. The molecule has 0 spiro atoms. The Morgan fingerprint density at radius 1 is 1.30 bits per heavy atom. The number of halogens is 2. The number of nitrogens with zero attached hydrogens (tertiary/aromatic N) is 2. The number of para-hydroxylation sites is 1. The highest BCUT2D eigenvalue weighted by atomic mass is 127. The van der Waals surface area contributed by atoms with E-state index < -0.39 is 6.10 Å². The number of carbonyl (C=O) groups is 1. The molecule has 1 aromatic heterocycles. The summed E-state index contributed by atoms with van der Waals surface area (Å²) >= 11 is 7.27. The summed E-state index contributed by atoms with van der Waals surface area (Å²) in [4.78, 5) is 19.7. The van der Waals surface area contributed by atoms with Crippen LogP contribution >= 0.6 is 46.9 Å². The van der Waals surface area contributed by atoms with E-state index in [0.717, 1.165) is 30.1 Å². The summed E-state index contributed by atoms with van der Waals surface area (Å²) in [7, 11) is 0. The maximum atomic E-state index is 12.6. The topological polar surface area (TPSA) is 77.0 Å². The third-order valence-electron chi connectivity index (χ3n) is 4.74. The number of thiophene rings is 1. The average Bonchev–Trinajstić information content (AvgIpc) is 3.35. The number of aliphatic imine (C=N–C) groups is 1. The van der Waals surface area contributed by atoms with Crippen LogP contribution in [-0.2, 0) is 11.2 Å². The lowest BCUT2D eigenvalue weighted by molar-refractivity contribution is -0.118. The highest BCUT2D eigenvalue weighted by Crippen LogP contribution is 2.28. The number of guanidine groups is 1. The predicted octanol–water partition coefficient (Wildman–Crippen LogP) is 3.98. The fraction of sp³-hybridized carbons (Fsp3) is 0.429. The van der Waals surface area contributed by atoms with Crippen molar-refractivity contribution in [3.63, 3.8) is 0 Å². The zero-order valence-electron chi connectivity index (χ0n) is 16.9. The molecule has 0 fully saturated rings. The summed E-state index contributed by atoms with van der Waals surface area (Å²) in [6.45, 7) is 4.35. The molecular weight excluding hydrogens is 535 g/mol. The maximum absolute atomic E-state index is 12.6. The van der Waals surface area contributed by atoms with Gasteiger partial charge < -0.3 is 20.6 Å². The van der Waals surface area contributed by atoms with Crippen molar-refractivity contribution in [2.45, 2.75) is 32.3 Å². The van der Waals surface area contributed by atoms with Gasteiger partial charge in [-0.3, -0.25) is 9.79 Å². The molecule has 30 heavy (non-hydrogen) atoms. The summed E-state index contributed by atoms with van der Waals surface area (Å²) in [5.74, 6) is 0.789. The highest BCUT2D eigenvalue weighted by Gasteiger charge is 2.23. The van der Waals surface area contributed by atoms with Crippen LogP contribution in [0.2, 0.25) is 4.34 Å². The van der Waals surface area contributed by atoms with Crippen molar-refractivity contribution in [1.82, 2.24) is 10.6 Å². The van der Waals surface area contributed by atoms with Crippen LogP contribution in [-0.4, -0.2) is 43.2 Å². The summed E-state index contributed by atoms with van der Waals surface area (Å²) in [6, 6.07) is 11.7. The number of hydrogen-bond acceptors (Lipinski definition) is 4. The maximum Gasteiger partial charge on any atom is 0.227 e. The Kier molecular flexibility index (Phi) is 10.4. The van der Waals surface area contributed by atoms with Gasteiger partial charge in [-0.05, 0) is 43.5 Å². The molecule has 0 aliphatic carbocycles. The van der Waals surface area contributed by atoms with Gasteiger partial charge in [-0.25, -0.2) is 0 Å². The van der Waals surface area contributed by atoms with Gasteiger partial charge in [0.15, 0.2) is 5.96 Å². The molecule has 0 saturated carbocycles. The number of anilines is 1. The van der Waals surface area contributed by atoms with Crippen LogP contribution in [0.25, 0.3) is 0 Å². The molecule has 0 radical (unpaired) electrons. The van der Waals surface area contributed by atoms with Crippen molar-refractivity contribution in [2.75, 3.05) is 31.1 Å². The zero-order chi connectivity index (χ0) is 20.6. The van der Waals surface area contributed by atoms with Crippen molar-refractivity contribution in [1.29, 1.82) is 0 Å². The first-order chi connectivity index (χ1) is 14.1. The fourth-order valence-corrected chi connectivity index (χ4v) is 4.33. The fourth-order valence-electron chi connectivity index (χ4n) is 3.30. The summed E-state index contributed by atoms with van der Waals surface area (Å²) in [5.41, 5.74) is 2.29. The van der Waals surface area contributed by atoms with Crippen molar-refractivity contribution < 1.29 is 9.90 Å². The normalized spacial score (nSPS) is 14.1. The van der Waals surface area contributed by atoms with Gasteiger partial charge in [0.1, 0.15) is 6.10 Å². The van der Waals surface area contributed by atoms with E-state index in [-0.39, 0.29) is 36.4 Å². The monoisotopic (exact) mass is 562 g/mol. The van der Waals surface area contributed by atoms with E-state index in [4.69, 9.17) is 11.6 Å². The minimum Gasteiger partial charge on any atom is -0.386 e. The Balaban J connectivity index is 0.00000320. The van der Waals surface area contributed by atoms with Crippen LogP contribution in [0.1, 0.15) is 36.3 Å². The molecule has 3 N–H and O–H groups in total. The van der Waals surface area contributed by atoms with Crippen molar-refractivity contribution in [3.05, 3.63) is 51.2 Å². The first kappa shape index (κ1) is 24.9. The molecule has 1 amide bonds. The second-order valence-electron chi connectivity index (χ2n) is 6.83. The molecule has 0 saturated heterocycles. The first-order valence-electron chi connectivity index (χ1n) is 9.92. The van der Waals surface area contributed by atoms with Gasteiger partial charge >= 0.3 is 0 Å². The number of aliphatic hydroxyl groups is 1. The predicted molar refractivity (Wildman–Crippen MR) is 135 cm³/mol. The lowest BCUT2D eigenvalue weighted by atomic mass is 10.2. The Morgan fingerprint density at radius 2 is 2.10 bits per heavy atom. The molecule has 1 aromatic carbocycles. The third-order valence-corrected chi connectivity index (χ3v) is 6.07. The molecule has 6 nitrogen and oxygen atoms in total. The molecule has 9 heteroatoms. The molecular formula is C21H28ClIN4O2S. The number of carbonyl (C=O) groups excluding carboxylic acids is 1. The lowest BCUT2D eigenvalue weighted by Crippen LogP contribution is -2.38. The van der Waals surface area contributed by atoms with Gasteiger partial charge in [0.2, 0.25) is 5.91 Å². The molecule has 164 valence electrons. The van der Waals surface area contributed by atoms with Gasteiger partial charge in [0, 0.05) is 36.6 Å². The Bertz CT molecular complexity index is 861. The SMILES string of the molecule is CCNC(=NCC(O)c1ccc(Cl)s1)NCCCC(=O)N1CCc2ccccc21.I. The molecule has 1 atom stereocenters. The number of fused-ring (bicyclic) bond motifs is 1. The molecule has 0 bridgehead atoms. The van der Waals surface area contributed by atoms with Crippen LogP contribution < -0.4 is 15.5 Å². The smallest absolute Gasteiger partial charge is 0.227 e. The standard InChI is InChI=1S/C21H27ClN4O2S.HI/c1-2-23-21(25-14-17(27)18-9-10-19(22)29-18)24-12-5-8-20(28)26-13-11-15-6-3-4-7-16(15)26;/h3-4,6-7,9-10,17,27H,2,5,8,11-14H2,1H3,(H2,23,24,25);1H. The quantitative estimate of drug-likeness (QED) is 0.197. The van der Waals surface area contributed by atoms with Gasteiger partial charge in [0.25, 0.3) is 0 Å². The number of benzene rings is 1. The van der Waals surface area contributed by atoms with Crippen LogP contribution in [0.3, 0.4) is 0 Å². The number of rotatable bonds is 8. The van der Waals surface area contributed by atoms with E-state index in [9.17, 15) is 9.90 Å². The Labute approximate surface area is 203 Å². The van der Waals surface area contributed by atoms with Crippen LogP contribution in [0.15, 0.2) is 41.4 Å². The van der Waals surface area contributed by atoms with Crippen molar-refractivity contribution in [2.24, 2.45) is 4.99 Å². The van der Waals surface area contributed by atoms with Gasteiger partial charge in [-0.2, -0.15) is 0 Å². The zero-order valence-corrected chi connectivity index (χ0v) is 20.8. The molecule has 3 rings (SSSR count). The van der Waals surface area contributed by atoms with Gasteiger partial charge in [0.05, 0.1) is 10.9 Å².